The van der Waals surface area contributed by atoms with Crippen LogP contribution in [-0.4, -0.2) is 10.2 Å². The van der Waals surface area contributed by atoms with Crippen LogP contribution in [0.5, 0.6) is 0 Å². The molecule has 1 aliphatic rings. The number of nitrogens with two attached hydrogens (primary N) is 1. The lowest BCUT2D eigenvalue weighted by Crippen LogP contribution is -2.04. The quantitative estimate of drug-likeness (QED) is 0.852. The highest BCUT2D eigenvalue weighted by Gasteiger charge is 2.24. The van der Waals surface area contributed by atoms with Crippen LogP contribution in [0.1, 0.15) is 43.9 Å². The Morgan fingerprint density at radius 3 is 2.60 bits per heavy atom. The highest BCUT2D eigenvalue weighted by atomic mass is 19.1. The second-order valence-corrected chi connectivity index (χ2v) is 5.11. The van der Waals surface area contributed by atoms with E-state index in [0.29, 0.717) is 5.89 Å². The van der Waals surface area contributed by atoms with Gasteiger partial charge in [0.15, 0.2) is 5.82 Å². The number of rotatable bonds is 2. The molecule has 0 spiro atoms. The molecule has 0 atom stereocenters. The second kappa shape index (κ2) is 5.19. The lowest BCUT2D eigenvalue weighted by atomic mass is 9.89. The van der Waals surface area contributed by atoms with Gasteiger partial charge in [-0.2, -0.15) is 0 Å². The Hall–Kier alpha value is -1.98. The van der Waals surface area contributed by atoms with E-state index in [2.05, 4.69) is 10.2 Å². The number of nitrogens with zero attached hydrogens (tertiary/aromatic N) is 2. The van der Waals surface area contributed by atoms with Crippen molar-refractivity contribution in [3.05, 3.63) is 29.7 Å². The van der Waals surface area contributed by atoms with Gasteiger partial charge in [-0.1, -0.05) is 19.3 Å². The van der Waals surface area contributed by atoms with Gasteiger partial charge >= 0.3 is 0 Å². The first kappa shape index (κ1) is 13.0. The van der Waals surface area contributed by atoms with E-state index < -0.39 is 11.6 Å². The number of benzene rings is 1. The first-order chi connectivity index (χ1) is 9.66. The van der Waals surface area contributed by atoms with E-state index in [-0.39, 0.29) is 23.1 Å². The maximum absolute atomic E-state index is 13.9. The smallest absolute Gasteiger partial charge is 0.253 e. The molecule has 1 aromatic heterocycles. The van der Waals surface area contributed by atoms with Crippen LogP contribution < -0.4 is 5.73 Å². The van der Waals surface area contributed by atoms with Crippen molar-refractivity contribution in [2.75, 3.05) is 5.73 Å². The summed E-state index contributed by atoms with van der Waals surface area (Å²) in [5, 5.41) is 7.71. The largest absolute Gasteiger partial charge is 0.420 e. The summed E-state index contributed by atoms with van der Waals surface area (Å²) in [5.41, 5.74) is 4.96. The fraction of sp³-hybridized carbons (Fsp3) is 0.429. The van der Waals surface area contributed by atoms with Crippen LogP contribution in [0.3, 0.4) is 0 Å². The summed E-state index contributed by atoms with van der Waals surface area (Å²) in [4.78, 5) is 0. The maximum Gasteiger partial charge on any atom is 0.253 e. The van der Waals surface area contributed by atoms with Gasteiger partial charge in [-0.25, -0.2) is 8.78 Å². The number of hydrogen-bond acceptors (Lipinski definition) is 4. The lowest BCUT2D eigenvalue weighted by molar-refractivity contribution is 0.366. The zero-order chi connectivity index (χ0) is 14.1. The molecule has 2 N–H and O–H groups in total. The average Bonchev–Trinajstić information content (AvgIpc) is 2.94. The van der Waals surface area contributed by atoms with E-state index >= 15 is 0 Å². The molecule has 2 aromatic rings. The Bertz CT molecular complexity index is 621. The molecule has 0 bridgehead atoms. The van der Waals surface area contributed by atoms with E-state index in [1.165, 1.54) is 12.5 Å². The molecule has 20 heavy (non-hydrogen) atoms. The fourth-order valence-electron chi connectivity index (χ4n) is 2.61. The van der Waals surface area contributed by atoms with Crippen LogP contribution in [0.2, 0.25) is 0 Å². The third kappa shape index (κ3) is 2.26. The highest BCUT2D eigenvalue weighted by Crippen LogP contribution is 2.34. The molecular weight excluding hydrogens is 264 g/mol. The summed E-state index contributed by atoms with van der Waals surface area (Å²) in [5.74, 6) is -1.11. The molecule has 0 unspecified atom stereocenters. The van der Waals surface area contributed by atoms with Crippen molar-refractivity contribution < 1.29 is 13.2 Å². The van der Waals surface area contributed by atoms with E-state index in [1.807, 2.05) is 0 Å². The molecule has 1 heterocycles. The van der Waals surface area contributed by atoms with Gasteiger partial charge in [0.2, 0.25) is 5.89 Å². The van der Waals surface area contributed by atoms with Crippen molar-refractivity contribution in [3.8, 4) is 11.5 Å². The molecular formula is C14H15F2N3O. The molecule has 3 rings (SSSR count). The number of anilines is 1. The van der Waals surface area contributed by atoms with Crippen molar-refractivity contribution in [1.29, 1.82) is 0 Å². The van der Waals surface area contributed by atoms with Gasteiger partial charge in [0.1, 0.15) is 11.4 Å². The lowest BCUT2D eigenvalue weighted by Gasteiger charge is -2.17. The van der Waals surface area contributed by atoms with Gasteiger partial charge < -0.3 is 10.2 Å². The Balaban J connectivity index is 1.96. The average molecular weight is 279 g/mol. The van der Waals surface area contributed by atoms with Gasteiger partial charge in [-0.05, 0) is 25.0 Å². The van der Waals surface area contributed by atoms with Crippen LogP contribution >= 0.6 is 0 Å². The molecule has 4 nitrogen and oxygen atoms in total. The number of halogens is 2. The summed E-state index contributed by atoms with van der Waals surface area (Å²) < 4.78 is 33.1. The van der Waals surface area contributed by atoms with Crippen LogP contribution in [0.4, 0.5) is 14.5 Å². The summed E-state index contributed by atoms with van der Waals surface area (Å²) in [7, 11) is 0. The Morgan fingerprint density at radius 1 is 1.10 bits per heavy atom. The second-order valence-electron chi connectivity index (χ2n) is 5.11. The summed E-state index contributed by atoms with van der Waals surface area (Å²) >= 11 is 0. The van der Waals surface area contributed by atoms with Crippen molar-refractivity contribution in [2.45, 2.75) is 38.0 Å². The van der Waals surface area contributed by atoms with Gasteiger partial charge in [-0.15, -0.1) is 10.2 Å². The van der Waals surface area contributed by atoms with Crippen molar-refractivity contribution in [3.63, 3.8) is 0 Å². The summed E-state index contributed by atoms with van der Waals surface area (Å²) in [6, 6.07) is 2.27. The van der Waals surface area contributed by atoms with Crippen molar-refractivity contribution in [1.82, 2.24) is 10.2 Å². The summed E-state index contributed by atoms with van der Waals surface area (Å²) in [6.45, 7) is 0. The van der Waals surface area contributed by atoms with Gasteiger partial charge in [-0.3, -0.25) is 0 Å². The van der Waals surface area contributed by atoms with Crippen LogP contribution in [0.15, 0.2) is 16.5 Å². The minimum absolute atomic E-state index is 0.140. The maximum atomic E-state index is 13.9. The Labute approximate surface area is 115 Å². The normalized spacial score (nSPS) is 16.5. The molecule has 0 radical (unpaired) electrons. The van der Waals surface area contributed by atoms with Crippen molar-refractivity contribution >= 4 is 5.69 Å². The van der Waals surface area contributed by atoms with E-state index in [1.54, 1.807) is 0 Å². The monoisotopic (exact) mass is 279 g/mol. The van der Waals surface area contributed by atoms with Gasteiger partial charge in [0.25, 0.3) is 5.89 Å². The standard InChI is InChI=1S/C14H15F2N3O/c15-9-6-7-10(17)12(16)11(9)14-19-18-13(20-14)8-4-2-1-3-5-8/h6-8H,1-5,17H2. The van der Waals surface area contributed by atoms with Crippen molar-refractivity contribution in [2.24, 2.45) is 0 Å². The van der Waals surface area contributed by atoms with Crippen LogP contribution in [0, 0.1) is 11.6 Å². The zero-order valence-corrected chi connectivity index (χ0v) is 10.9. The predicted molar refractivity (Wildman–Crippen MR) is 69.9 cm³/mol. The number of aromatic nitrogens is 2. The zero-order valence-electron chi connectivity index (χ0n) is 10.9. The molecule has 0 aliphatic heterocycles. The first-order valence-electron chi connectivity index (χ1n) is 6.74. The molecule has 0 amide bonds. The van der Waals surface area contributed by atoms with E-state index in [4.69, 9.17) is 10.2 Å². The fourth-order valence-corrected chi connectivity index (χ4v) is 2.61. The first-order valence-corrected chi connectivity index (χ1v) is 6.74. The molecule has 0 saturated heterocycles. The molecule has 1 aromatic carbocycles. The van der Waals surface area contributed by atoms with E-state index in [9.17, 15) is 8.78 Å². The third-order valence-corrected chi connectivity index (χ3v) is 3.73. The molecule has 1 fully saturated rings. The minimum atomic E-state index is -0.858. The van der Waals surface area contributed by atoms with Crippen LogP contribution in [-0.2, 0) is 0 Å². The third-order valence-electron chi connectivity index (χ3n) is 3.73. The Morgan fingerprint density at radius 2 is 1.85 bits per heavy atom. The van der Waals surface area contributed by atoms with E-state index in [0.717, 1.165) is 31.7 Å². The molecule has 1 aliphatic carbocycles. The highest BCUT2D eigenvalue weighted by molar-refractivity contribution is 5.61. The number of nitrogen functional groups attached to an aromatic ring is 1. The topological polar surface area (TPSA) is 64.9 Å². The van der Waals surface area contributed by atoms with Crippen LogP contribution in [0.25, 0.3) is 11.5 Å². The number of hydrogen-bond donors (Lipinski definition) is 1. The Kier molecular flexibility index (Phi) is 3.38. The van der Waals surface area contributed by atoms with Gasteiger partial charge in [0.05, 0.1) is 5.69 Å². The summed E-state index contributed by atoms with van der Waals surface area (Å²) in [6.07, 6.45) is 5.38. The SMILES string of the molecule is Nc1ccc(F)c(-c2nnc(C3CCCCC3)o2)c1F. The molecule has 1 saturated carbocycles. The molecule has 6 heteroatoms. The van der Waals surface area contributed by atoms with Gasteiger partial charge in [0, 0.05) is 5.92 Å². The predicted octanol–water partition coefficient (Wildman–Crippen LogP) is 3.64. The minimum Gasteiger partial charge on any atom is -0.420 e. The molecule has 106 valence electrons.